The van der Waals surface area contributed by atoms with Gasteiger partial charge in [0.1, 0.15) is 10.2 Å². The van der Waals surface area contributed by atoms with E-state index < -0.39 is 0 Å². The van der Waals surface area contributed by atoms with Gasteiger partial charge in [0.25, 0.3) is 5.56 Å². The van der Waals surface area contributed by atoms with Crippen molar-refractivity contribution in [3.63, 3.8) is 0 Å². The molecule has 1 aromatic carbocycles. The third kappa shape index (κ3) is 3.85. The van der Waals surface area contributed by atoms with E-state index in [0.717, 1.165) is 17.7 Å². The molecule has 0 unspecified atom stereocenters. The fraction of sp³-hybridized carbons (Fsp3) is 0.333. The Bertz CT molecular complexity index is 670. The lowest BCUT2D eigenvalue weighted by molar-refractivity contribution is 0.336. The largest absolute Gasteiger partial charge is 0.494 e. The van der Waals surface area contributed by atoms with Gasteiger partial charge >= 0.3 is 0 Å². The number of benzene rings is 1. The summed E-state index contributed by atoms with van der Waals surface area (Å²) in [4.78, 5) is 11.8. The zero-order chi connectivity index (χ0) is 15.2. The molecule has 1 N–H and O–H groups in total. The Morgan fingerprint density at radius 3 is 2.90 bits per heavy atom. The molecule has 0 aliphatic carbocycles. The van der Waals surface area contributed by atoms with Crippen molar-refractivity contribution in [2.24, 2.45) is 7.05 Å². The van der Waals surface area contributed by atoms with Crippen molar-refractivity contribution in [1.82, 2.24) is 9.78 Å². The van der Waals surface area contributed by atoms with Crippen LogP contribution in [0.3, 0.4) is 0 Å². The van der Waals surface area contributed by atoms with Crippen LogP contribution in [0.4, 0.5) is 5.69 Å². The third-order valence-electron chi connectivity index (χ3n) is 3.06. The first-order valence-corrected chi connectivity index (χ1v) is 7.59. The molecule has 0 fully saturated rings. The van der Waals surface area contributed by atoms with Crippen molar-refractivity contribution < 1.29 is 4.74 Å². The second-order valence-electron chi connectivity index (χ2n) is 4.52. The topological polar surface area (TPSA) is 56.1 Å². The van der Waals surface area contributed by atoms with Gasteiger partial charge in [0.15, 0.2) is 0 Å². The van der Waals surface area contributed by atoms with Crippen molar-refractivity contribution in [2.75, 3.05) is 18.5 Å². The molecule has 5 nitrogen and oxygen atoms in total. The summed E-state index contributed by atoms with van der Waals surface area (Å²) in [7, 11) is 1.62. The highest BCUT2D eigenvalue weighted by molar-refractivity contribution is 9.10. The first-order chi connectivity index (χ1) is 10.1. The molecular weight excluding hydrogens is 334 g/mol. The minimum absolute atomic E-state index is 0.158. The molecule has 2 rings (SSSR count). The smallest absolute Gasteiger partial charge is 0.282 e. The molecule has 2 aromatic rings. The van der Waals surface area contributed by atoms with Gasteiger partial charge in [0, 0.05) is 13.6 Å². The van der Waals surface area contributed by atoms with Crippen molar-refractivity contribution in [2.45, 2.75) is 13.3 Å². The van der Waals surface area contributed by atoms with Crippen molar-refractivity contribution in [1.29, 1.82) is 0 Å². The fourth-order valence-electron chi connectivity index (χ4n) is 1.97. The summed E-state index contributed by atoms with van der Waals surface area (Å²) >= 11 is 3.30. The Balaban J connectivity index is 2.02. The molecule has 0 amide bonds. The van der Waals surface area contributed by atoms with Gasteiger partial charge in [-0.15, -0.1) is 0 Å². The minimum Gasteiger partial charge on any atom is -0.494 e. The predicted octanol–water partition coefficient (Wildman–Crippen LogP) is 2.60. The van der Waals surface area contributed by atoms with Crippen LogP contribution in [0.5, 0.6) is 5.75 Å². The summed E-state index contributed by atoms with van der Waals surface area (Å²) in [5.41, 5.74) is 1.68. The maximum absolute atomic E-state index is 11.8. The van der Waals surface area contributed by atoms with E-state index in [0.29, 0.717) is 23.3 Å². The van der Waals surface area contributed by atoms with Crippen LogP contribution in [-0.2, 0) is 13.5 Å². The zero-order valence-electron chi connectivity index (χ0n) is 12.1. The zero-order valence-corrected chi connectivity index (χ0v) is 13.7. The second kappa shape index (κ2) is 7.26. The normalized spacial score (nSPS) is 10.4. The molecule has 0 aliphatic rings. The Hall–Kier alpha value is -1.82. The van der Waals surface area contributed by atoms with E-state index in [1.54, 1.807) is 13.2 Å². The molecule has 0 radical (unpaired) electrons. The van der Waals surface area contributed by atoms with E-state index in [9.17, 15) is 4.79 Å². The number of aromatic nitrogens is 2. The van der Waals surface area contributed by atoms with Crippen LogP contribution in [0.15, 0.2) is 39.7 Å². The van der Waals surface area contributed by atoms with Gasteiger partial charge < -0.3 is 10.1 Å². The fourth-order valence-corrected chi connectivity index (χ4v) is 2.47. The molecule has 0 saturated carbocycles. The molecule has 21 heavy (non-hydrogen) atoms. The van der Waals surface area contributed by atoms with Gasteiger partial charge in [-0.3, -0.25) is 4.79 Å². The van der Waals surface area contributed by atoms with Crippen LogP contribution in [0.1, 0.15) is 12.5 Å². The summed E-state index contributed by atoms with van der Waals surface area (Å²) in [5.74, 6) is 0.906. The summed E-state index contributed by atoms with van der Waals surface area (Å²) in [6.07, 6.45) is 2.44. The maximum Gasteiger partial charge on any atom is 0.282 e. The number of aryl methyl sites for hydroxylation is 1. The number of ether oxygens (including phenoxy) is 1. The Kier molecular flexibility index (Phi) is 5.38. The van der Waals surface area contributed by atoms with E-state index in [2.05, 4.69) is 26.3 Å². The van der Waals surface area contributed by atoms with Crippen LogP contribution in [0, 0.1) is 0 Å². The number of hydrogen-bond donors (Lipinski definition) is 1. The standard InChI is InChI=1S/C15H18BrN3O2/c1-3-21-13-7-5-4-6-11(13)8-9-17-12-10-18-19(2)15(20)14(12)16/h4-7,10,17H,3,8-9H2,1-2H3. The van der Waals surface area contributed by atoms with Gasteiger partial charge in [-0.1, -0.05) is 18.2 Å². The molecule has 1 heterocycles. The molecular formula is C15H18BrN3O2. The van der Waals surface area contributed by atoms with Crippen LogP contribution in [-0.4, -0.2) is 22.9 Å². The quantitative estimate of drug-likeness (QED) is 0.868. The molecule has 0 aliphatic heterocycles. The number of rotatable bonds is 6. The third-order valence-corrected chi connectivity index (χ3v) is 3.83. The highest BCUT2D eigenvalue weighted by Gasteiger charge is 2.07. The number of halogens is 1. The first-order valence-electron chi connectivity index (χ1n) is 6.80. The molecule has 6 heteroatoms. The molecule has 112 valence electrons. The van der Waals surface area contributed by atoms with Gasteiger partial charge in [0.2, 0.25) is 0 Å². The van der Waals surface area contributed by atoms with Crippen LogP contribution < -0.4 is 15.6 Å². The second-order valence-corrected chi connectivity index (χ2v) is 5.31. The monoisotopic (exact) mass is 351 g/mol. The number of para-hydroxylation sites is 1. The molecule has 0 saturated heterocycles. The first kappa shape index (κ1) is 15.6. The highest BCUT2D eigenvalue weighted by atomic mass is 79.9. The Morgan fingerprint density at radius 1 is 1.38 bits per heavy atom. The minimum atomic E-state index is -0.158. The van der Waals surface area contributed by atoms with Gasteiger partial charge in [-0.05, 0) is 40.9 Å². The van der Waals surface area contributed by atoms with Crippen LogP contribution >= 0.6 is 15.9 Å². The lowest BCUT2D eigenvalue weighted by Crippen LogP contribution is -2.21. The summed E-state index contributed by atoms with van der Waals surface area (Å²) in [5, 5.41) is 7.22. The summed E-state index contributed by atoms with van der Waals surface area (Å²) < 4.78 is 7.39. The Morgan fingerprint density at radius 2 is 2.14 bits per heavy atom. The van der Waals surface area contributed by atoms with Crippen LogP contribution in [0.2, 0.25) is 0 Å². The SMILES string of the molecule is CCOc1ccccc1CCNc1cnn(C)c(=O)c1Br. The number of nitrogens with one attached hydrogen (secondary N) is 1. The molecule has 0 atom stereocenters. The average molecular weight is 352 g/mol. The predicted molar refractivity (Wildman–Crippen MR) is 87.0 cm³/mol. The van der Waals surface area contributed by atoms with Crippen LogP contribution in [0.25, 0.3) is 0 Å². The van der Waals surface area contributed by atoms with E-state index in [1.165, 1.54) is 4.68 Å². The van der Waals surface area contributed by atoms with E-state index in [-0.39, 0.29) is 5.56 Å². The molecule has 0 spiro atoms. The lowest BCUT2D eigenvalue weighted by atomic mass is 10.1. The van der Waals surface area contributed by atoms with Gasteiger partial charge in [-0.25, -0.2) is 4.68 Å². The summed E-state index contributed by atoms with van der Waals surface area (Å²) in [6.45, 7) is 3.31. The Labute approximate surface area is 132 Å². The van der Waals surface area contributed by atoms with Gasteiger partial charge in [-0.2, -0.15) is 5.10 Å². The number of nitrogens with zero attached hydrogens (tertiary/aromatic N) is 2. The number of anilines is 1. The molecule has 0 bridgehead atoms. The molecule has 1 aromatic heterocycles. The highest BCUT2D eigenvalue weighted by Crippen LogP contribution is 2.20. The van der Waals surface area contributed by atoms with Crippen molar-refractivity contribution >= 4 is 21.6 Å². The van der Waals surface area contributed by atoms with Crippen molar-refractivity contribution in [3.8, 4) is 5.75 Å². The maximum atomic E-state index is 11.8. The lowest BCUT2D eigenvalue weighted by Gasteiger charge is -2.11. The van der Waals surface area contributed by atoms with Gasteiger partial charge in [0.05, 0.1) is 18.5 Å². The number of hydrogen-bond acceptors (Lipinski definition) is 4. The van der Waals surface area contributed by atoms with E-state index in [1.807, 2.05) is 31.2 Å². The van der Waals surface area contributed by atoms with E-state index >= 15 is 0 Å². The summed E-state index contributed by atoms with van der Waals surface area (Å²) in [6, 6.07) is 7.97. The van der Waals surface area contributed by atoms with Crippen molar-refractivity contribution in [3.05, 3.63) is 50.9 Å². The average Bonchev–Trinajstić information content (AvgIpc) is 2.49. The van der Waals surface area contributed by atoms with E-state index in [4.69, 9.17) is 4.74 Å².